The number of aryl methyl sites for hydroxylation is 6. The van der Waals surface area contributed by atoms with E-state index in [4.69, 9.17) is 0 Å². The van der Waals surface area contributed by atoms with Crippen LogP contribution in [0.4, 0.5) is 11.4 Å². The summed E-state index contributed by atoms with van der Waals surface area (Å²) in [5.41, 5.74) is 14.5. The predicted molar refractivity (Wildman–Crippen MR) is 186 cm³/mol. The average Bonchev–Trinajstić information content (AvgIpc) is 3.08. The van der Waals surface area contributed by atoms with Crippen molar-refractivity contribution in [3.8, 4) is 0 Å². The summed E-state index contributed by atoms with van der Waals surface area (Å²) in [6, 6.07) is 18.7. The standard InChI is InChI=1S/C41H46N4/c1-6-36-28-34(29-37-7-2-21-44(20-1)40(36)37)12-10-32-14-24-42(25-15-32)18-5-19-43-26-16-33(17-27-43)11-13-35-30-38-8-3-22-45-23-4-9-39(31-35)41(38)45/h10-17,24-31H,1-9,18-23H2/q+2. The van der Waals surface area contributed by atoms with Crippen molar-refractivity contribution in [1.82, 2.24) is 0 Å². The van der Waals surface area contributed by atoms with Crippen LogP contribution < -0.4 is 18.9 Å². The molecule has 0 atom stereocenters. The van der Waals surface area contributed by atoms with Crippen molar-refractivity contribution in [2.75, 3.05) is 36.0 Å². The summed E-state index contributed by atoms with van der Waals surface area (Å²) in [6.07, 6.45) is 29.2. The van der Waals surface area contributed by atoms with E-state index in [1.807, 2.05) is 0 Å². The molecule has 0 saturated carbocycles. The Morgan fingerprint density at radius 1 is 0.467 bits per heavy atom. The van der Waals surface area contributed by atoms with Crippen molar-refractivity contribution >= 4 is 35.7 Å². The summed E-state index contributed by atoms with van der Waals surface area (Å²) >= 11 is 0. The summed E-state index contributed by atoms with van der Waals surface area (Å²) < 4.78 is 4.61. The van der Waals surface area contributed by atoms with Crippen LogP contribution in [0, 0.1) is 0 Å². The number of nitrogens with zero attached hydrogens (tertiary/aromatic N) is 4. The van der Waals surface area contributed by atoms with Gasteiger partial charge in [-0.25, -0.2) is 9.13 Å². The molecule has 228 valence electrons. The van der Waals surface area contributed by atoms with E-state index in [9.17, 15) is 0 Å². The van der Waals surface area contributed by atoms with Crippen LogP contribution in [0.3, 0.4) is 0 Å². The van der Waals surface area contributed by atoms with Gasteiger partial charge in [0.1, 0.15) is 0 Å². The Balaban J connectivity index is 0.841. The van der Waals surface area contributed by atoms with Crippen LogP contribution in [-0.4, -0.2) is 26.2 Å². The fraction of sp³-hybridized carbons (Fsp3) is 0.366. The third-order valence-corrected chi connectivity index (χ3v) is 10.3. The monoisotopic (exact) mass is 594 g/mol. The number of aromatic nitrogens is 2. The highest BCUT2D eigenvalue weighted by atomic mass is 15.1. The van der Waals surface area contributed by atoms with Crippen molar-refractivity contribution in [2.24, 2.45) is 0 Å². The summed E-state index contributed by atoms with van der Waals surface area (Å²) in [6.45, 7) is 6.97. The predicted octanol–water partition coefficient (Wildman–Crippen LogP) is 7.09. The molecule has 2 aromatic carbocycles. The maximum absolute atomic E-state index is 2.62. The molecule has 45 heavy (non-hydrogen) atoms. The van der Waals surface area contributed by atoms with E-state index in [2.05, 4.69) is 117 Å². The van der Waals surface area contributed by atoms with E-state index in [0.29, 0.717) is 0 Å². The lowest BCUT2D eigenvalue weighted by atomic mass is 9.90. The van der Waals surface area contributed by atoms with Crippen molar-refractivity contribution in [1.29, 1.82) is 0 Å². The molecule has 0 radical (unpaired) electrons. The zero-order chi connectivity index (χ0) is 30.0. The van der Waals surface area contributed by atoms with Gasteiger partial charge in [-0.05, 0) is 120 Å². The number of hydrogen-bond acceptors (Lipinski definition) is 2. The summed E-state index contributed by atoms with van der Waals surface area (Å²) in [4.78, 5) is 5.23. The summed E-state index contributed by atoms with van der Waals surface area (Å²) in [7, 11) is 0. The van der Waals surface area contributed by atoms with Gasteiger partial charge in [-0.2, -0.15) is 0 Å². The molecule has 0 spiro atoms. The summed E-state index contributed by atoms with van der Waals surface area (Å²) in [5.74, 6) is 0. The molecule has 4 aromatic rings. The Kier molecular flexibility index (Phi) is 7.97. The first-order chi connectivity index (χ1) is 22.2. The second kappa shape index (κ2) is 12.7. The van der Waals surface area contributed by atoms with Gasteiger partial charge in [0.2, 0.25) is 0 Å². The molecule has 0 N–H and O–H groups in total. The lowest BCUT2D eigenvalue weighted by Gasteiger charge is -2.37. The van der Waals surface area contributed by atoms with Crippen LogP contribution in [-0.2, 0) is 38.8 Å². The summed E-state index contributed by atoms with van der Waals surface area (Å²) in [5, 5.41) is 0. The molecule has 6 heterocycles. The van der Waals surface area contributed by atoms with Gasteiger partial charge in [-0.3, -0.25) is 0 Å². The molecule has 0 fully saturated rings. The molecular weight excluding hydrogens is 548 g/mol. The van der Waals surface area contributed by atoms with E-state index < -0.39 is 0 Å². The Morgan fingerprint density at radius 2 is 0.800 bits per heavy atom. The molecule has 2 aromatic heterocycles. The quantitative estimate of drug-likeness (QED) is 0.202. The number of hydrogen-bond donors (Lipinski definition) is 0. The van der Waals surface area contributed by atoms with Gasteiger partial charge < -0.3 is 9.80 Å². The Bertz CT molecular complexity index is 1540. The topological polar surface area (TPSA) is 14.2 Å². The van der Waals surface area contributed by atoms with Gasteiger partial charge in [-0.1, -0.05) is 24.3 Å². The Hall–Kier alpha value is -4.18. The normalized spacial score (nSPS) is 17.2. The van der Waals surface area contributed by atoms with E-state index in [1.165, 1.54) is 99.8 Å². The minimum Gasteiger partial charge on any atom is -0.371 e. The molecule has 0 unspecified atom stereocenters. The van der Waals surface area contributed by atoms with Crippen LogP contribution in [0.5, 0.6) is 0 Å². The van der Waals surface area contributed by atoms with Gasteiger partial charge in [0, 0.05) is 61.8 Å². The Labute approximate surface area is 269 Å². The van der Waals surface area contributed by atoms with Crippen molar-refractivity contribution in [2.45, 2.75) is 70.9 Å². The first kappa shape index (κ1) is 28.3. The van der Waals surface area contributed by atoms with Crippen molar-refractivity contribution in [3.63, 3.8) is 0 Å². The smallest absolute Gasteiger partial charge is 0.169 e. The van der Waals surface area contributed by atoms with Crippen LogP contribution in [0.2, 0.25) is 0 Å². The first-order valence-corrected chi connectivity index (χ1v) is 17.4. The highest BCUT2D eigenvalue weighted by Crippen LogP contribution is 2.37. The number of rotatable bonds is 8. The van der Waals surface area contributed by atoms with Crippen LogP contribution in [0.15, 0.2) is 73.3 Å². The van der Waals surface area contributed by atoms with Crippen molar-refractivity contribution in [3.05, 3.63) is 118 Å². The van der Waals surface area contributed by atoms with Crippen molar-refractivity contribution < 1.29 is 9.13 Å². The second-order valence-electron chi connectivity index (χ2n) is 13.5. The van der Waals surface area contributed by atoms with Gasteiger partial charge in [0.05, 0.1) is 6.42 Å². The number of benzene rings is 2. The first-order valence-electron chi connectivity index (χ1n) is 17.4. The van der Waals surface area contributed by atoms with E-state index in [0.717, 1.165) is 19.5 Å². The molecule has 4 nitrogen and oxygen atoms in total. The molecule has 4 heteroatoms. The molecule has 0 amide bonds. The SMILES string of the molecule is C(=C\c1cc2c3c(c1)CCCN3CCC2)/c1cc[n+](CCC[n+]2ccc(/C=C/c3cc4c5c(c3)CCCN5CCC4)cc2)cc1. The van der Waals surface area contributed by atoms with Gasteiger partial charge in [0.15, 0.2) is 37.9 Å². The zero-order valence-electron chi connectivity index (χ0n) is 26.6. The third-order valence-electron chi connectivity index (χ3n) is 10.3. The molecule has 0 saturated heterocycles. The third kappa shape index (κ3) is 6.20. The highest BCUT2D eigenvalue weighted by Gasteiger charge is 2.25. The maximum Gasteiger partial charge on any atom is 0.169 e. The fourth-order valence-electron chi connectivity index (χ4n) is 8.13. The van der Waals surface area contributed by atoms with E-state index in [1.54, 1.807) is 33.6 Å². The average molecular weight is 595 g/mol. The highest BCUT2D eigenvalue weighted by molar-refractivity contribution is 5.75. The molecule has 0 aliphatic carbocycles. The largest absolute Gasteiger partial charge is 0.371 e. The zero-order valence-corrected chi connectivity index (χ0v) is 26.6. The van der Waals surface area contributed by atoms with Crippen LogP contribution >= 0.6 is 0 Å². The van der Waals surface area contributed by atoms with Gasteiger partial charge >= 0.3 is 0 Å². The lowest BCUT2D eigenvalue weighted by Crippen LogP contribution is -2.38. The Morgan fingerprint density at radius 3 is 1.16 bits per heavy atom. The minimum atomic E-state index is 1.02. The minimum absolute atomic E-state index is 1.02. The second-order valence-corrected chi connectivity index (χ2v) is 13.5. The van der Waals surface area contributed by atoms with E-state index in [-0.39, 0.29) is 0 Å². The molecule has 4 aliphatic heterocycles. The molecule has 4 aliphatic rings. The number of pyridine rings is 2. The van der Waals surface area contributed by atoms with E-state index >= 15 is 0 Å². The lowest BCUT2D eigenvalue weighted by molar-refractivity contribution is -0.726. The van der Waals surface area contributed by atoms with Gasteiger partial charge in [0.25, 0.3) is 0 Å². The number of anilines is 2. The van der Waals surface area contributed by atoms with Crippen LogP contribution in [0.25, 0.3) is 24.3 Å². The molecular formula is C41H46N4+2. The van der Waals surface area contributed by atoms with Gasteiger partial charge in [-0.15, -0.1) is 0 Å². The maximum atomic E-state index is 2.62. The molecule has 8 rings (SSSR count). The fourth-order valence-corrected chi connectivity index (χ4v) is 8.13. The molecule has 0 bridgehead atoms. The van der Waals surface area contributed by atoms with Crippen LogP contribution in [0.1, 0.15) is 76.6 Å².